The molecule has 0 aliphatic heterocycles. The van der Waals surface area contributed by atoms with E-state index in [4.69, 9.17) is 5.26 Å². The number of nitrogens with zero attached hydrogens (tertiary/aromatic N) is 1. The van der Waals surface area contributed by atoms with Gasteiger partial charge in [-0.3, -0.25) is 4.79 Å². The van der Waals surface area contributed by atoms with Gasteiger partial charge in [0.15, 0.2) is 0 Å². The summed E-state index contributed by atoms with van der Waals surface area (Å²) >= 11 is 0. The lowest BCUT2D eigenvalue weighted by molar-refractivity contribution is -0.121. The largest absolute Gasteiger partial charge is 0.298 e. The Morgan fingerprint density at radius 3 is 2.64 bits per heavy atom. The van der Waals surface area contributed by atoms with Crippen LogP contribution in [-0.4, -0.2) is 5.78 Å². The topological polar surface area (TPSA) is 40.9 Å². The zero-order valence-corrected chi connectivity index (χ0v) is 8.96. The van der Waals surface area contributed by atoms with E-state index in [0.717, 1.165) is 12.3 Å². The quantitative estimate of drug-likeness (QED) is 0.688. The Hall–Kier alpha value is -0.840. The van der Waals surface area contributed by atoms with Crippen LogP contribution in [0.4, 0.5) is 0 Å². The highest BCUT2D eigenvalue weighted by atomic mass is 16.1. The van der Waals surface area contributed by atoms with E-state index in [9.17, 15) is 4.79 Å². The number of carbonyl (C=O) groups is 1. The normalized spacial score (nSPS) is 20.0. The van der Waals surface area contributed by atoms with Crippen LogP contribution in [0.2, 0.25) is 0 Å². The standard InChI is InChI=1S/C12H19NO/c1-10(9-13)12(14)8-7-11-5-3-2-4-6-11/h10-11H,2-8H2,1H3. The van der Waals surface area contributed by atoms with Crippen LogP contribution >= 0.6 is 0 Å². The third-order valence-electron chi connectivity index (χ3n) is 3.20. The molecule has 1 rings (SSSR count). The molecule has 0 aromatic carbocycles. The molecule has 0 amide bonds. The number of hydrogen-bond donors (Lipinski definition) is 0. The number of Topliss-reactive ketones (excluding diaryl/α,β-unsaturated/α-hetero) is 1. The molecule has 0 radical (unpaired) electrons. The Morgan fingerprint density at radius 1 is 1.43 bits per heavy atom. The van der Waals surface area contributed by atoms with Crippen molar-refractivity contribution in [1.82, 2.24) is 0 Å². The summed E-state index contributed by atoms with van der Waals surface area (Å²) in [5.74, 6) is 0.468. The third-order valence-corrected chi connectivity index (χ3v) is 3.20. The van der Waals surface area contributed by atoms with Crippen LogP contribution in [0.3, 0.4) is 0 Å². The molecule has 0 aromatic rings. The molecule has 0 spiro atoms. The lowest BCUT2D eigenvalue weighted by atomic mass is 9.85. The second-order valence-electron chi connectivity index (χ2n) is 4.36. The number of nitriles is 1. The van der Waals surface area contributed by atoms with E-state index in [-0.39, 0.29) is 5.78 Å². The van der Waals surface area contributed by atoms with Gasteiger partial charge in [-0.25, -0.2) is 0 Å². The average Bonchev–Trinajstić information content (AvgIpc) is 2.26. The summed E-state index contributed by atoms with van der Waals surface area (Å²) in [5, 5.41) is 8.57. The Balaban J connectivity index is 2.19. The van der Waals surface area contributed by atoms with Crippen molar-refractivity contribution >= 4 is 5.78 Å². The number of carbonyl (C=O) groups excluding carboxylic acids is 1. The van der Waals surface area contributed by atoms with Gasteiger partial charge >= 0.3 is 0 Å². The lowest BCUT2D eigenvalue weighted by Crippen LogP contribution is -2.13. The Labute approximate surface area is 86.3 Å². The first-order chi connectivity index (χ1) is 6.74. The molecule has 1 aliphatic carbocycles. The molecule has 0 bridgehead atoms. The zero-order valence-electron chi connectivity index (χ0n) is 8.96. The molecule has 1 fully saturated rings. The summed E-state index contributed by atoms with van der Waals surface area (Å²) in [6.45, 7) is 1.70. The van der Waals surface area contributed by atoms with Gasteiger partial charge in [0.05, 0.1) is 6.07 Å². The van der Waals surface area contributed by atoms with Crippen molar-refractivity contribution in [3.8, 4) is 6.07 Å². The monoisotopic (exact) mass is 193 g/mol. The van der Waals surface area contributed by atoms with Crippen molar-refractivity contribution in [3.63, 3.8) is 0 Å². The van der Waals surface area contributed by atoms with E-state index < -0.39 is 5.92 Å². The van der Waals surface area contributed by atoms with Gasteiger partial charge < -0.3 is 0 Å². The van der Waals surface area contributed by atoms with E-state index in [1.54, 1.807) is 6.92 Å². The Kier molecular flexibility index (Phi) is 4.65. The molecule has 1 saturated carbocycles. The summed E-state index contributed by atoms with van der Waals surface area (Å²) < 4.78 is 0. The summed E-state index contributed by atoms with van der Waals surface area (Å²) in [4.78, 5) is 11.4. The highest BCUT2D eigenvalue weighted by Gasteiger charge is 2.17. The summed E-state index contributed by atoms with van der Waals surface area (Å²) in [6.07, 6.45) is 8.20. The first kappa shape index (κ1) is 11.2. The molecule has 2 nitrogen and oxygen atoms in total. The molecule has 1 aliphatic rings. The Morgan fingerprint density at radius 2 is 2.07 bits per heavy atom. The second kappa shape index (κ2) is 5.80. The van der Waals surface area contributed by atoms with E-state index in [1.165, 1.54) is 32.1 Å². The van der Waals surface area contributed by atoms with Gasteiger partial charge in [-0.2, -0.15) is 5.26 Å². The zero-order chi connectivity index (χ0) is 10.4. The van der Waals surface area contributed by atoms with Crippen molar-refractivity contribution in [3.05, 3.63) is 0 Å². The van der Waals surface area contributed by atoms with Crippen LogP contribution in [0, 0.1) is 23.2 Å². The Bertz CT molecular complexity index is 223. The molecule has 1 atom stereocenters. The maximum atomic E-state index is 11.4. The second-order valence-corrected chi connectivity index (χ2v) is 4.36. The fourth-order valence-corrected chi connectivity index (χ4v) is 2.11. The molecule has 0 saturated heterocycles. The van der Waals surface area contributed by atoms with Gasteiger partial charge in [0.2, 0.25) is 0 Å². The lowest BCUT2D eigenvalue weighted by Gasteiger charge is -2.21. The smallest absolute Gasteiger partial charge is 0.149 e. The van der Waals surface area contributed by atoms with Crippen molar-refractivity contribution < 1.29 is 4.79 Å². The molecular formula is C12H19NO. The predicted molar refractivity (Wildman–Crippen MR) is 55.6 cm³/mol. The number of hydrogen-bond acceptors (Lipinski definition) is 2. The highest BCUT2D eigenvalue weighted by Crippen LogP contribution is 2.27. The minimum atomic E-state index is -0.404. The average molecular weight is 193 g/mol. The fourth-order valence-electron chi connectivity index (χ4n) is 2.11. The molecular weight excluding hydrogens is 174 g/mol. The molecule has 1 unspecified atom stereocenters. The van der Waals surface area contributed by atoms with Crippen LogP contribution in [-0.2, 0) is 4.79 Å². The van der Waals surface area contributed by atoms with Crippen molar-refractivity contribution in [2.45, 2.75) is 51.9 Å². The van der Waals surface area contributed by atoms with Crippen LogP contribution in [0.15, 0.2) is 0 Å². The van der Waals surface area contributed by atoms with Crippen LogP contribution < -0.4 is 0 Å². The summed E-state index contributed by atoms with van der Waals surface area (Å²) in [5.41, 5.74) is 0. The molecule has 0 aromatic heterocycles. The fraction of sp³-hybridized carbons (Fsp3) is 0.833. The van der Waals surface area contributed by atoms with E-state index in [1.807, 2.05) is 6.07 Å². The maximum Gasteiger partial charge on any atom is 0.149 e. The van der Waals surface area contributed by atoms with Crippen molar-refractivity contribution in [1.29, 1.82) is 5.26 Å². The van der Waals surface area contributed by atoms with E-state index >= 15 is 0 Å². The third kappa shape index (κ3) is 3.49. The van der Waals surface area contributed by atoms with Crippen molar-refractivity contribution in [2.24, 2.45) is 11.8 Å². The first-order valence-corrected chi connectivity index (χ1v) is 5.66. The van der Waals surface area contributed by atoms with Gasteiger partial charge in [0.1, 0.15) is 11.7 Å². The van der Waals surface area contributed by atoms with Crippen LogP contribution in [0.25, 0.3) is 0 Å². The molecule has 0 heterocycles. The minimum Gasteiger partial charge on any atom is -0.298 e. The molecule has 2 heteroatoms. The highest BCUT2D eigenvalue weighted by molar-refractivity contribution is 5.82. The summed E-state index contributed by atoms with van der Waals surface area (Å²) in [6, 6.07) is 2.00. The number of rotatable bonds is 4. The van der Waals surface area contributed by atoms with Gasteiger partial charge in [-0.05, 0) is 19.3 Å². The SMILES string of the molecule is CC(C#N)C(=O)CCC1CCCCC1. The van der Waals surface area contributed by atoms with E-state index in [0.29, 0.717) is 6.42 Å². The van der Waals surface area contributed by atoms with Crippen LogP contribution in [0.1, 0.15) is 51.9 Å². The van der Waals surface area contributed by atoms with Crippen molar-refractivity contribution in [2.75, 3.05) is 0 Å². The van der Waals surface area contributed by atoms with Gasteiger partial charge in [0, 0.05) is 6.42 Å². The minimum absolute atomic E-state index is 0.123. The molecule has 14 heavy (non-hydrogen) atoms. The van der Waals surface area contributed by atoms with Gasteiger partial charge in [-0.15, -0.1) is 0 Å². The van der Waals surface area contributed by atoms with Gasteiger partial charge in [0.25, 0.3) is 0 Å². The maximum absolute atomic E-state index is 11.4. The number of ketones is 1. The first-order valence-electron chi connectivity index (χ1n) is 5.66. The predicted octanol–water partition coefficient (Wildman–Crippen LogP) is 3.08. The molecule has 0 N–H and O–H groups in total. The van der Waals surface area contributed by atoms with E-state index in [2.05, 4.69) is 0 Å². The van der Waals surface area contributed by atoms with Gasteiger partial charge in [-0.1, -0.05) is 32.1 Å². The summed E-state index contributed by atoms with van der Waals surface area (Å²) in [7, 11) is 0. The van der Waals surface area contributed by atoms with Crippen LogP contribution in [0.5, 0.6) is 0 Å². The molecule has 78 valence electrons.